The molecule has 214 valence electrons. The Morgan fingerprint density at radius 1 is 0.667 bits per heavy atom. The third-order valence-corrected chi connectivity index (χ3v) is 8.96. The molecule has 36 heavy (non-hydrogen) atoms. The normalized spacial score (nSPS) is 27.2. The summed E-state index contributed by atoms with van der Waals surface area (Å²) in [7, 11) is 9.43. The van der Waals surface area contributed by atoms with E-state index in [2.05, 4.69) is 55.1 Å². The Morgan fingerprint density at radius 3 is 2.00 bits per heavy atom. The summed E-state index contributed by atoms with van der Waals surface area (Å²) >= 11 is 0. The summed E-state index contributed by atoms with van der Waals surface area (Å²) in [5, 5.41) is 3.85. The van der Waals surface area contributed by atoms with Gasteiger partial charge in [-0.1, -0.05) is 71.1 Å². The van der Waals surface area contributed by atoms with Crippen molar-refractivity contribution in [3.63, 3.8) is 0 Å². The predicted molar refractivity (Wildman–Crippen MR) is 159 cm³/mol. The average molecular weight is 509 g/mol. The van der Waals surface area contributed by atoms with E-state index in [4.69, 9.17) is 0 Å². The Hall–Kier alpha value is -0.200. The van der Waals surface area contributed by atoms with Gasteiger partial charge >= 0.3 is 0 Å². The standard InChI is InChI=1S/C31H66N5/c1-6-7-8-9-10-11-12-13-14-15-18-31(19-16-30-36(3,4)5)20-21-32-22-25-34-24-17-23-33(2)26-28-35(31)29-27-34/h32H,6-30H2,1-5H3/q+1. The fourth-order valence-corrected chi connectivity index (χ4v) is 6.51. The van der Waals surface area contributed by atoms with Crippen molar-refractivity contribution in [2.45, 2.75) is 109 Å². The summed E-state index contributed by atoms with van der Waals surface area (Å²) in [4.78, 5) is 8.32. The highest BCUT2D eigenvalue weighted by Crippen LogP contribution is 2.33. The molecule has 5 nitrogen and oxygen atoms in total. The number of likely N-dealkylation sites (N-methyl/N-ethyl adjacent to an activating group) is 1. The molecular weight excluding hydrogens is 442 g/mol. The minimum atomic E-state index is 0.366. The molecule has 5 heteroatoms. The quantitative estimate of drug-likeness (QED) is 0.234. The van der Waals surface area contributed by atoms with Crippen LogP contribution in [0.3, 0.4) is 0 Å². The van der Waals surface area contributed by atoms with E-state index in [0.717, 1.165) is 11.0 Å². The van der Waals surface area contributed by atoms with Gasteiger partial charge in [-0.2, -0.15) is 0 Å². The van der Waals surface area contributed by atoms with Gasteiger partial charge in [-0.25, -0.2) is 0 Å². The van der Waals surface area contributed by atoms with Crippen LogP contribution in [0.15, 0.2) is 0 Å². The van der Waals surface area contributed by atoms with Gasteiger partial charge in [0.15, 0.2) is 0 Å². The van der Waals surface area contributed by atoms with E-state index in [1.54, 1.807) is 0 Å². The molecule has 0 aromatic heterocycles. The van der Waals surface area contributed by atoms with Gasteiger partial charge in [-0.05, 0) is 58.8 Å². The summed E-state index contributed by atoms with van der Waals surface area (Å²) in [6.45, 7) is 14.6. The minimum Gasteiger partial charge on any atom is -0.331 e. The van der Waals surface area contributed by atoms with Gasteiger partial charge < -0.3 is 19.6 Å². The Morgan fingerprint density at radius 2 is 1.31 bits per heavy atom. The molecule has 0 saturated carbocycles. The number of nitrogens with zero attached hydrogens (tertiary/aromatic N) is 4. The third-order valence-electron chi connectivity index (χ3n) is 8.96. The fourth-order valence-electron chi connectivity index (χ4n) is 6.51. The molecule has 1 N–H and O–H groups in total. The number of unbranched alkanes of at least 4 members (excludes halogenated alkanes) is 9. The minimum absolute atomic E-state index is 0.366. The molecule has 0 spiro atoms. The topological polar surface area (TPSA) is 21.8 Å². The molecule has 2 fully saturated rings. The van der Waals surface area contributed by atoms with E-state index in [1.165, 1.54) is 155 Å². The van der Waals surface area contributed by atoms with Crippen LogP contribution in [0.25, 0.3) is 0 Å². The van der Waals surface area contributed by atoms with E-state index >= 15 is 0 Å². The van der Waals surface area contributed by atoms with Gasteiger partial charge in [0.2, 0.25) is 0 Å². The first-order valence-corrected chi connectivity index (χ1v) is 16.0. The fraction of sp³-hybridized carbons (Fsp3) is 1.00. The molecule has 2 bridgehead atoms. The smallest absolute Gasteiger partial charge is 0.0781 e. The van der Waals surface area contributed by atoms with Crippen molar-refractivity contribution in [1.82, 2.24) is 20.0 Å². The molecule has 2 saturated heterocycles. The van der Waals surface area contributed by atoms with Gasteiger partial charge in [0.25, 0.3) is 0 Å². The van der Waals surface area contributed by atoms with Crippen LogP contribution in [-0.2, 0) is 0 Å². The van der Waals surface area contributed by atoms with Crippen molar-refractivity contribution < 1.29 is 4.48 Å². The average Bonchev–Trinajstić information content (AvgIpc) is 2.83. The second-order valence-electron chi connectivity index (χ2n) is 13.3. The zero-order chi connectivity index (χ0) is 26.1. The zero-order valence-electron chi connectivity index (χ0n) is 25.5. The number of rotatable bonds is 15. The highest BCUT2D eigenvalue weighted by atomic mass is 15.3. The van der Waals surface area contributed by atoms with E-state index < -0.39 is 0 Å². The second kappa shape index (κ2) is 18.2. The molecule has 0 aliphatic carbocycles. The van der Waals surface area contributed by atoms with E-state index in [9.17, 15) is 0 Å². The van der Waals surface area contributed by atoms with Crippen molar-refractivity contribution in [2.75, 3.05) is 93.6 Å². The van der Waals surface area contributed by atoms with E-state index in [1.807, 2.05) is 0 Å². The number of hydrogen-bond acceptors (Lipinski definition) is 4. The molecule has 2 rings (SSSR count). The van der Waals surface area contributed by atoms with Crippen LogP contribution in [0.1, 0.15) is 103 Å². The number of quaternary nitrogens is 1. The Labute approximate surface area is 226 Å². The molecule has 3 atom stereocenters. The Kier molecular flexibility index (Phi) is 16.1. The van der Waals surface area contributed by atoms with Crippen LogP contribution in [-0.4, -0.2) is 118 Å². The maximum atomic E-state index is 3.85. The zero-order valence-corrected chi connectivity index (χ0v) is 25.5. The first-order valence-electron chi connectivity index (χ1n) is 16.0. The first-order chi connectivity index (χ1) is 17.3. The monoisotopic (exact) mass is 509 g/mol. The molecule has 2 aliphatic heterocycles. The summed E-state index contributed by atoms with van der Waals surface area (Å²) in [6, 6.07) is 0. The lowest BCUT2D eigenvalue weighted by molar-refractivity contribution is -0.870. The second-order valence-corrected chi connectivity index (χ2v) is 13.3. The molecule has 2 aliphatic rings. The number of fused-ring (bicyclic) bond motifs is 3. The molecule has 3 unspecified atom stereocenters. The van der Waals surface area contributed by atoms with Crippen LogP contribution >= 0.6 is 0 Å². The van der Waals surface area contributed by atoms with Crippen molar-refractivity contribution >= 4 is 0 Å². The summed E-state index contributed by atoms with van der Waals surface area (Å²) in [6.07, 6.45) is 21.1. The lowest BCUT2D eigenvalue weighted by Crippen LogP contribution is -2.56. The predicted octanol–water partition coefficient (Wildman–Crippen LogP) is 5.46. The van der Waals surface area contributed by atoms with E-state index in [0.29, 0.717) is 5.54 Å². The largest absolute Gasteiger partial charge is 0.331 e. The summed E-state index contributed by atoms with van der Waals surface area (Å²) in [5.41, 5.74) is 0.366. The summed E-state index contributed by atoms with van der Waals surface area (Å²) in [5.74, 6) is 0. The van der Waals surface area contributed by atoms with Crippen LogP contribution in [0.5, 0.6) is 0 Å². The molecule has 0 aromatic rings. The first kappa shape index (κ1) is 32.0. The van der Waals surface area contributed by atoms with Crippen LogP contribution in [0.4, 0.5) is 0 Å². The van der Waals surface area contributed by atoms with Gasteiger partial charge in [-0.3, -0.25) is 4.90 Å². The lowest BCUT2D eigenvalue weighted by atomic mass is 9.81. The maximum absolute atomic E-state index is 3.85. The van der Waals surface area contributed by atoms with Crippen LogP contribution < -0.4 is 5.32 Å². The summed E-state index contributed by atoms with van der Waals surface area (Å²) < 4.78 is 1.09. The molecule has 0 aromatic carbocycles. The SMILES string of the molecule is CCCCCCCCCCCCC1(CCC[N+](C)(C)C)CCNCCN2CCCN(C)CCN1CC2. The number of nitrogens with one attached hydrogen (secondary N) is 1. The van der Waals surface area contributed by atoms with Crippen molar-refractivity contribution in [3.8, 4) is 0 Å². The third kappa shape index (κ3) is 13.6. The highest BCUT2D eigenvalue weighted by molar-refractivity contribution is 4.93. The van der Waals surface area contributed by atoms with Gasteiger partial charge in [0, 0.05) is 44.8 Å². The number of hydrogen-bond donors (Lipinski definition) is 1. The molecule has 2 heterocycles. The van der Waals surface area contributed by atoms with Crippen molar-refractivity contribution in [2.24, 2.45) is 0 Å². The Balaban J connectivity index is 2.01. The highest BCUT2D eigenvalue weighted by Gasteiger charge is 2.36. The molecule has 0 radical (unpaired) electrons. The van der Waals surface area contributed by atoms with Gasteiger partial charge in [-0.15, -0.1) is 0 Å². The van der Waals surface area contributed by atoms with Gasteiger partial charge in [0.05, 0.1) is 27.7 Å². The van der Waals surface area contributed by atoms with Crippen molar-refractivity contribution in [1.29, 1.82) is 0 Å². The Bertz CT molecular complexity index is 534. The van der Waals surface area contributed by atoms with E-state index in [-0.39, 0.29) is 0 Å². The molecular formula is C31H66N5+. The van der Waals surface area contributed by atoms with Crippen LogP contribution in [0.2, 0.25) is 0 Å². The van der Waals surface area contributed by atoms with Crippen LogP contribution in [0, 0.1) is 0 Å². The van der Waals surface area contributed by atoms with Crippen molar-refractivity contribution in [3.05, 3.63) is 0 Å². The lowest BCUT2D eigenvalue weighted by Gasteiger charge is -2.47. The maximum Gasteiger partial charge on any atom is 0.0781 e. The molecule has 0 amide bonds. The van der Waals surface area contributed by atoms with Gasteiger partial charge in [0.1, 0.15) is 0 Å².